The van der Waals surface area contributed by atoms with Crippen molar-refractivity contribution in [3.63, 3.8) is 0 Å². The fourth-order valence-corrected chi connectivity index (χ4v) is 3.94. The Labute approximate surface area is 181 Å². The molecule has 3 heterocycles. The Kier molecular flexibility index (Phi) is 6.16. The summed E-state index contributed by atoms with van der Waals surface area (Å²) in [4.78, 5) is 27.3. The van der Waals surface area contributed by atoms with Crippen molar-refractivity contribution in [2.75, 3.05) is 20.2 Å². The fourth-order valence-electron chi connectivity index (χ4n) is 3.94. The second kappa shape index (κ2) is 9.16. The van der Waals surface area contributed by atoms with E-state index in [-0.39, 0.29) is 24.1 Å². The highest BCUT2D eigenvalue weighted by Crippen LogP contribution is 2.30. The number of carbonyl (C=O) groups is 2. The molecule has 4 rings (SSSR count). The number of allylic oxidation sites excluding steroid dienone is 3. The van der Waals surface area contributed by atoms with E-state index in [1.54, 1.807) is 16.6 Å². The number of nitrogens with one attached hydrogen (secondary N) is 1. The minimum atomic E-state index is -0.776. The number of benzene rings is 1. The van der Waals surface area contributed by atoms with Gasteiger partial charge in [0, 0.05) is 19.4 Å². The van der Waals surface area contributed by atoms with E-state index in [2.05, 4.69) is 27.8 Å². The van der Waals surface area contributed by atoms with Crippen molar-refractivity contribution < 1.29 is 14.3 Å². The molecule has 1 saturated heterocycles. The Morgan fingerprint density at radius 3 is 2.90 bits per heavy atom. The molecule has 0 bridgehead atoms. The van der Waals surface area contributed by atoms with E-state index in [9.17, 15) is 9.59 Å². The lowest BCUT2D eigenvalue weighted by Crippen LogP contribution is -2.48. The molecule has 1 N–H and O–H groups in total. The minimum Gasteiger partial charge on any atom is -0.493 e. The van der Waals surface area contributed by atoms with Gasteiger partial charge in [-0.15, -0.1) is 5.10 Å². The first kappa shape index (κ1) is 20.8. The van der Waals surface area contributed by atoms with E-state index in [1.807, 2.05) is 43.4 Å². The molecule has 8 nitrogen and oxygen atoms in total. The van der Waals surface area contributed by atoms with Gasteiger partial charge in [0.25, 0.3) is 5.91 Å². The van der Waals surface area contributed by atoms with E-state index < -0.39 is 11.9 Å². The van der Waals surface area contributed by atoms with Gasteiger partial charge in [-0.05, 0) is 18.1 Å². The number of ether oxygens (including phenoxy) is 1. The Hall–Kier alpha value is -3.42. The Balaban J connectivity index is 1.44. The summed E-state index contributed by atoms with van der Waals surface area (Å²) >= 11 is 0. The maximum atomic E-state index is 13.0. The van der Waals surface area contributed by atoms with Crippen LogP contribution in [0.2, 0.25) is 0 Å². The van der Waals surface area contributed by atoms with Crippen LogP contribution in [0.1, 0.15) is 41.0 Å². The molecule has 2 atom stereocenters. The van der Waals surface area contributed by atoms with E-state index >= 15 is 0 Å². The van der Waals surface area contributed by atoms with Gasteiger partial charge in [0.1, 0.15) is 18.4 Å². The predicted octanol–water partition coefficient (Wildman–Crippen LogP) is 2.06. The summed E-state index contributed by atoms with van der Waals surface area (Å²) in [5.74, 6) is 0.356. The van der Waals surface area contributed by atoms with Crippen molar-refractivity contribution in [1.82, 2.24) is 25.2 Å². The van der Waals surface area contributed by atoms with Gasteiger partial charge in [-0.2, -0.15) is 0 Å². The van der Waals surface area contributed by atoms with Gasteiger partial charge in [-0.25, -0.2) is 4.68 Å². The lowest BCUT2D eigenvalue weighted by Gasteiger charge is -2.18. The summed E-state index contributed by atoms with van der Waals surface area (Å²) in [5.41, 5.74) is 2.29. The monoisotopic (exact) mass is 421 g/mol. The normalized spacial score (nSPS) is 22.5. The molecule has 1 aromatic carbocycles. The van der Waals surface area contributed by atoms with Crippen LogP contribution in [0, 0.1) is 0 Å². The quantitative estimate of drug-likeness (QED) is 0.798. The first-order chi connectivity index (χ1) is 15.1. The first-order valence-electron chi connectivity index (χ1n) is 10.6. The van der Waals surface area contributed by atoms with Crippen molar-refractivity contribution in [2.45, 2.75) is 38.3 Å². The third-order valence-electron chi connectivity index (χ3n) is 5.62. The van der Waals surface area contributed by atoms with E-state index in [4.69, 9.17) is 4.74 Å². The van der Waals surface area contributed by atoms with Crippen LogP contribution in [-0.2, 0) is 22.5 Å². The summed E-state index contributed by atoms with van der Waals surface area (Å²) in [6, 6.07) is 9.41. The number of hydrogen-bond acceptors (Lipinski definition) is 5. The lowest BCUT2D eigenvalue weighted by atomic mass is 9.96. The number of carbonyl (C=O) groups excluding carboxylic acids is 2. The predicted molar refractivity (Wildman–Crippen MR) is 115 cm³/mol. The molecule has 1 unspecified atom stereocenters. The zero-order valence-electron chi connectivity index (χ0n) is 17.8. The molecule has 0 aliphatic carbocycles. The van der Waals surface area contributed by atoms with Gasteiger partial charge in [0.05, 0.1) is 18.8 Å². The third-order valence-corrected chi connectivity index (χ3v) is 5.62. The molecule has 31 heavy (non-hydrogen) atoms. The average Bonchev–Trinajstić information content (AvgIpc) is 3.34. The summed E-state index contributed by atoms with van der Waals surface area (Å²) < 4.78 is 7.56. The SMILES string of the molecule is CC/C=C\C=C1/CN(C)C(=O)[C@@H](NC(=O)c2nnn3c2CC(c2ccccc2)C3)CO1. The molecular formula is C23H27N5O3. The van der Waals surface area contributed by atoms with Crippen molar-refractivity contribution in [1.29, 1.82) is 0 Å². The number of fused-ring (bicyclic) bond motifs is 1. The molecule has 2 aliphatic heterocycles. The zero-order valence-corrected chi connectivity index (χ0v) is 17.8. The number of aromatic nitrogens is 3. The van der Waals surface area contributed by atoms with Gasteiger partial charge in [-0.1, -0.05) is 54.6 Å². The van der Waals surface area contributed by atoms with Crippen molar-refractivity contribution >= 4 is 11.8 Å². The smallest absolute Gasteiger partial charge is 0.274 e. The Morgan fingerprint density at radius 1 is 1.32 bits per heavy atom. The third kappa shape index (κ3) is 4.52. The second-order valence-corrected chi connectivity index (χ2v) is 7.88. The van der Waals surface area contributed by atoms with Crippen molar-refractivity contribution in [3.8, 4) is 0 Å². The Morgan fingerprint density at radius 2 is 2.13 bits per heavy atom. The molecule has 162 valence electrons. The number of likely N-dealkylation sites (N-methyl/N-ethyl adjacent to an activating group) is 1. The molecule has 2 aliphatic rings. The fraction of sp³-hybridized carbons (Fsp3) is 0.391. The van der Waals surface area contributed by atoms with Crippen LogP contribution < -0.4 is 5.32 Å². The summed E-state index contributed by atoms with van der Waals surface area (Å²) in [7, 11) is 1.70. The van der Waals surface area contributed by atoms with Crippen LogP contribution in [-0.4, -0.2) is 57.9 Å². The van der Waals surface area contributed by atoms with Gasteiger partial charge in [-0.3, -0.25) is 9.59 Å². The van der Waals surface area contributed by atoms with Crippen LogP contribution in [0.5, 0.6) is 0 Å². The molecule has 0 saturated carbocycles. The van der Waals surface area contributed by atoms with Gasteiger partial charge in [0.2, 0.25) is 5.91 Å². The molecule has 0 spiro atoms. The van der Waals surface area contributed by atoms with Crippen LogP contribution >= 0.6 is 0 Å². The summed E-state index contributed by atoms with van der Waals surface area (Å²) in [6.07, 6.45) is 7.39. The van der Waals surface area contributed by atoms with Crippen LogP contribution in [0.15, 0.2) is 54.3 Å². The Bertz CT molecular complexity index is 1010. The van der Waals surface area contributed by atoms with Crippen LogP contribution in [0.4, 0.5) is 0 Å². The van der Waals surface area contributed by atoms with Gasteiger partial charge < -0.3 is 15.0 Å². The van der Waals surface area contributed by atoms with E-state index in [1.165, 1.54) is 5.56 Å². The van der Waals surface area contributed by atoms with Gasteiger partial charge >= 0.3 is 0 Å². The van der Waals surface area contributed by atoms with Crippen molar-refractivity contribution in [2.24, 2.45) is 0 Å². The first-order valence-corrected chi connectivity index (χ1v) is 10.6. The molecule has 1 aromatic heterocycles. The number of amides is 2. The minimum absolute atomic E-state index is 0.0802. The highest BCUT2D eigenvalue weighted by molar-refractivity contribution is 5.97. The molecule has 0 radical (unpaired) electrons. The van der Waals surface area contributed by atoms with E-state index in [0.29, 0.717) is 25.3 Å². The topological polar surface area (TPSA) is 89.4 Å². The molecule has 1 fully saturated rings. The second-order valence-electron chi connectivity index (χ2n) is 7.88. The lowest BCUT2D eigenvalue weighted by molar-refractivity contribution is -0.131. The highest BCUT2D eigenvalue weighted by Gasteiger charge is 2.33. The largest absolute Gasteiger partial charge is 0.493 e. The summed E-state index contributed by atoms with van der Waals surface area (Å²) in [6.45, 7) is 3.18. The number of hydrogen-bond donors (Lipinski definition) is 1. The van der Waals surface area contributed by atoms with Crippen LogP contribution in [0.25, 0.3) is 0 Å². The van der Waals surface area contributed by atoms with Crippen molar-refractivity contribution in [3.05, 3.63) is 71.3 Å². The maximum Gasteiger partial charge on any atom is 0.274 e. The molecule has 2 amide bonds. The standard InChI is InChI=1S/C23H27N5O3/c1-3-4-6-11-18-14-27(2)23(30)19(15-31-18)24-22(29)21-20-12-17(13-28(20)26-25-21)16-9-7-5-8-10-16/h4-11,17,19H,3,12-15H2,1-2H3,(H,24,29)/b6-4-,18-11+/t17?,19-/m0/s1. The molecule has 2 aromatic rings. The molecular weight excluding hydrogens is 394 g/mol. The zero-order chi connectivity index (χ0) is 21.8. The summed E-state index contributed by atoms with van der Waals surface area (Å²) in [5, 5.41) is 11.0. The average molecular weight is 422 g/mol. The highest BCUT2D eigenvalue weighted by atomic mass is 16.5. The number of nitrogens with zero attached hydrogens (tertiary/aromatic N) is 4. The van der Waals surface area contributed by atoms with Gasteiger partial charge in [0.15, 0.2) is 5.69 Å². The van der Waals surface area contributed by atoms with E-state index in [0.717, 1.165) is 12.1 Å². The number of rotatable bonds is 5. The molecule has 8 heteroatoms. The maximum absolute atomic E-state index is 13.0. The van der Waals surface area contributed by atoms with Crippen LogP contribution in [0.3, 0.4) is 0 Å².